The monoisotopic (exact) mass is 205 g/mol. The molecule has 2 heteroatoms. The first kappa shape index (κ1) is 12.0. The van der Waals surface area contributed by atoms with Crippen LogP contribution in [0.4, 0.5) is 0 Å². The van der Waals surface area contributed by atoms with Crippen molar-refractivity contribution in [3.63, 3.8) is 0 Å². The van der Waals surface area contributed by atoms with Gasteiger partial charge >= 0.3 is 0 Å². The number of aliphatic hydroxyl groups is 1. The van der Waals surface area contributed by atoms with E-state index in [9.17, 15) is 5.11 Å². The maximum absolute atomic E-state index is 9.26. The molecule has 0 heterocycles. The molecule has 1 aromatic rings. The molecule has 0 saturated heterocycles. The smallest absolute Gasteiger partial charge is 0.0626 e. The van der Waals surface area contributed by atoms with Gasteiger partial charge in [0.2, 0.25) is 0 Å². The molecule has 0 radical (unpaired) electrons. The van der Waals surface area contributed by atoms with E-state index in [0.717, 1.165) is 12.1 Å². The van der Waals surface area contributed by atoms with Gasteiger partial charge in [0.25, 0.3) is 0 Å². The zero-order valence-corrected chi connectivity index (χ0v) is 9.40. The standard InChI is InChI=1S/C13H19NO/c1-11(2)8-9-14-13(10-15)12-6-4-3-5-7-12/h3-8,13-15H,9-10H2,1-2H3/t13-/m0/s1. The normalized spacial score (nSPS) is 12.2. The molecule has 2 nitrogen and oxygen atoms in total. The summed E-state index contributed by atoms with van der Waals surface area (Å²) in [5.74, 6) is 0. The topological polar surface area (TPSA) is 32.3 Å². The summed E-state index contributed by atoms with van der Waals surface area (Å²) in [6, 6.07) is 10.0. The number of nitrogens with one attached hydrogen (secondary N) is 1. The van der Waals surface area contributed by atoms with Crippen LogP contribution in [0.5, 0.6) is 0 Å². The van der Waals surface area contributed by atoms with Crippen molar-refractivity contribution in [3.05, 3.63) is 47.5 Å². The van der Waals surface area contributed by atoms with Crippen molar-refractivity contribution in [2.75, 3.05) is 13.2 Å². The van der Waals surface area contributed by atoms with Gasteiger partial charge in [-0.15, -0.1) is 0 Å². The van der Waals surface area contributed by atoms with E-state index in [0.29, 0.717) is 0 Å². The van der Waals surface area contributed by atoms with E-state index in [1.165, 1.54) is 5.57 Å². The maximum atomic E-state index is 9.26. The molecule has 0 saturated carbocycles. The van der Waals surface area contributed by atoms with Gasteiger partial charge < -0.3 is 10.4 Å². The summed E-state index contributed by atoms with van der Waals surface area (Å²) < 4.78 is 0. The summed E-state index contributed by atoms with van der Waals surface area (Å²) in [6.45, 7) is 5.05. The van der Waals surface area contributed by atoms with Gasteiger partial charge in [0.1, 0.15) is 0 Å². The van der Waals surface area contributed by atoms with E-state index in [1.54, 1.807) is 0 Å². The highest BCUT2D eigenvalue weighted by Crippen LogP contribution is 2.10. The zero-order valence-electron chi connectivity index (χ0n) is 9.40. The highest BCUT2D eigenvalue weighted by molar-refractivity contribution is 5.19. The van der Waals surface area contributed by atoms with Crippen LogP contribution in [-0.2, 0) is 0 Å². The quantitative estimate of drug-likeness (QED) is 0.723. The van der Waals surface area contributed by atoms with Gasteiger partial charge in [-0.3, -0.25) is 0 Å². The fourth-order valence-electron chi connectivity index (χ4n) is 1.38. The summed E-state index contributed by atoms with van der Waals surface area (Å²) in [4.78, 5) is 0. The van der Waals surface area contributed by atoms with Crippen molar-refractivity contribution in [1.29, 1.82) is 0 Å². The second kappa shape index (κ2) is 6.38. The minimum atomic E-state index is 0.0294. The lowest BCUT2D eigenvalue weighted by Gasteiger charge is -2.15. The molecule has 0 amide bonds. The SMILES string of the molecule is CC(C)=CCN[C@@H](CO)c1ccccc1. The van der Waals surface area contributed by atoms with Crippen LogP contribution in [0.15, 0.2) is 42.0 Å². The van der Waals surface area contributed by atoms with Gasteiger partial charge in [0.05, 0.1) is 12.6 Å². The van der Waals surface area contributed by atoms with E-state index in [1.807, 2.05) is 30.3 Å². The first-order chi connectivity index (χ1) is 7.24. The minimum absolute atomic E-state index is 0.0294. The molecule has 0 aromatic heterocycles. The van der Waals surface area contributed by atoms with E-state index < -0.39 is 0 Å². The Bertz CT molecular complexity index is 302. The fourth-order valence-corrected chi connectivity index (χ4v) is 1.38. The molecular weight excluding hydrogens is 186 g/mol. The average Bonchev–Trinajstić information content (AvgIpc) is 2.25. The van der Waals surface area contributed by atoms with Crippen LogP contribution >= 0.6 is 0 Å². The molecule has 0 aliphatic rings. The second-order valence-electron chi connectivity index (χ2n) is 3.84. The Hall–Kier alpha value is -1.12. The van der Waals surface area contributed by atoms with Gasteiger partial charge in [-0.2, -0.15) is 0 Å². The average molecular weight is 205 g/mol. The summed E-state index contributed by atoms with van der Waals surface area (Å²) in [7, 11) is 0. The third kappa shape index (κ3) is 4.28. The van der Waals surface area contributed by atoms with E-state index in [-0.39, 0.29) is 12.6 Å². The predicted octanol–water partition coefficient (Wildman–Crippen LogP) is 2.28. The largest absolute Gasteiger partial charge is 0.394 e. The number of rotatable bonds is 5. The van der Waals surface area contributed by atoms with Crippen LogP contribution in [0, 0.1) is 0 Å². The van der Waals surface area contributed by atoms with Crippen molar-refractivity contribution in [2.24, 2.45) is 0 Å². The molecule has 1 aromatic carbocycles. The molecule has 0 unspecified atom stereocenters. The molecule has 15 heavy (non-hydrogen) atoms. The zero-order chi connectivity index (χ0) is 11.1. The number of hydrogen-bond acceptors (Lipinski definition) is 2. The highest BCUT2D eigenvalue weighted by Gasteiger charge is 2.07. The fraction of sp³-hybridized carbons (Fsp3) is 0.385. The second-order valence-corrected chi connectivity index (χ2v) is 3.84. The molecular formula is C13H19NO. The van der Waals surface area contributed by atoms with Crippen molar-refractivity contribution in [2.45, 2.75) is 19.9 Å². The summed E-state index contributed by atoms with van der Waals surface area (Å²) >= 11 is 0. The highest BCUT2D eigenvalue weighted by atomic mass is 16.3. The minimum Gasteiger partial charge on any atom is -0.394 e. The summed E-state index contributed by atoms with van der Waals surface area (Å²) in [6.07, 6.45) is 2.12. The lowest BCUT2D eigenvalue weighted by Crippen LogP contribution is -2.24. The molecule has 1 rings (SSSR count). The molecule has 0 bridgehead atoms. The Morgan fingerprint density at radius 3 is 2.53 bits per heavy atom. The first-order valence-electron chi connectivity index (χ1n) is 5.26. The number of hydrogen-bond donors (Lipinski definition) is 2. The summed E-state index contributed by atoms with van der Waals surface area (Å²) in [5, 5.41) is 12.6. The van der Waals surface area contributed by atoms with Crippen molar-refractivity contribution >= 4 is 0 Å². The van der Waals surface area contributed by atoms with Crippen molar-refractivity contribution in [3.8, 4) is 0 Å². The molecule has 82 valence electrons. The van der Waals surface area contributed by atoms with Gasteiger partial charge in [-0.05, 0) is 19.4 Å². The van der Waals surface area contributed by atoms with E-state index >= 15 is 0 Å². The molecule has 0 fully saturated rings. The van der Waals surface area contributed by atoms with Crippen LogP contribution in [-0.4, -0.2) is 18.3 Å². The van der Waals surface area contributed by atoms with Crippen LogP contribution < -0.4 is 5.32 Å². The van der Waals surface area contributed by atoms with Crippen molar-refractivity contribution in [1.82, 2.24) is 5.32 Å². The first-order valence-corrected chi connectivity index (χ1v) is 5.26. The predicted molar refractivity (Wildman–Crippen MR) is 63.7 cm³/mol. The molecule has 0 spiro atoms. The molecule has 0 aliphatic carbocycles. The van der Waals surface area contributed by atoms with Gasteiger partial charge in [-0.1, -0.05) is 42.0 Å². The van der Waals surface area contributed by atoms with Crippen molar-refractivity contribution < 1.29 is 5.11 Å². The van der Waals surface area contributed by atoms with Crippen LogP contribution in [0.2, 0.25) is 0 Å². The van der Waals surface area contributed by atoms with Crippen LogP contribution in [0.3, 0.4) is 0 Å². The van der Waals surface area contributed by atoms with E-state index in [2.05, 4.69) is 25.2 Å². The van der Waals surface area contributed by atoms with Gasteiger partial charge in [-0.25, -0.2) is 0 Å². The van der Waals surface area contributed by atoms with Gasteiger partial charge in [0, 0.05) is 6.54 Å². The van der Waals surface area contributed by atoms with Crippen LogP contribution in [0.25, 0.3) is 0 Å². The Morgan fingerprint density at radius 2 is 2.00 bits per heavy atom. The third-order valence-electron chi connectivity index (χ3n) is 2.26. The molecule has 0 aliphatic heterocycles. The van der Waals surface area contributed by atoms with Crippen LogP contribution in [0.1, 0.15) is 25.5 Å². The Labute approximate surface area is 91.6 Å². The summed E-state index contributed by atoms with van der Waals surface area (Å²) in [5.41, 5.74) is 2.41. The Kier molecular flexibility index (Phi) is 5.08. The number of aliphatic hydroxyl groups excluding tert-OH is 1. The third-order valence-corrected chi connectivity index (χ3v) is 2.26. The van der Waals surface area contributed by atoms with E-state index in [4.69, 9.17) is 0 Å². The molecule has 2 N–H and O–H groups in total. The maximum Gasteiger partial charge on any atom is 0.0626 e. The van der Waals surface area contributed by atoms with Gasteiger partial charge in [0.15, 0.2) is 0 Å². The Morgan fingerprint density at radius 1 is 1.33 bits per heavy atom. The molecule has 1 atom stereocenters. The Balaban J connectivity index is 2.54. The number of benzene rings is 1. The lowest BCUT2D eigenvalue weighted by molar-refractivity contribution is 0.248. The lowest BCUT2D eigenvalue weighted by atomic mass is 10.1. The number of allylic oxidation sites excluding steroid dienone is 1.